The van der Waals surface area contributed by atoms with Crippen LogP contribution in [0.4, 0.5) is 14.9 Å². The molecule has 0 unspecified atom stereocenters. The van der Waals surface area contributed by atoms with Gasteiger partial charge in [0.25, 0.3) is 5.91 Å². The third-order valence-corrected chi connectivity index (χ3v) is 4.01. The van der Waals surface area contributed by atoms with Gasteiger partial charge < -0.3 is 15.3 Å². The molecule has 2 heterocycles. The number of imide groups is 1. The molecule has 0 atom stereocenters. The van der Waals surface area contributed by atoms with Crippen LogP contribution in [0.15, 0.2) is 23.9 Å². The molecule has 24 heavy (non-hydrogen) atoms. The summed E-state index contributed by atoms with van der Waals surface area (Å²) in [4.78, 5) is 37.0. The van der Waals surface area contributed by atoms with Crippen molar-refractivity contribution >= 4 is 29.7 Å². The van der Waals surface area contributed by atoms with Crippen LogP contribution in [0.25, 0.3) is 6.08 Å². The Morgan fingerprint density at radius 3 is 2.62 bits per heavy atom. The van der Waals surface area contributed by atoms with E-state index < -0.39 is 30.3 Å². The second kappa shape index (κ2) is 6.31. The average molecular weight is 333 g/mol. The Kier molecular flexibility index (Phi) is 4.20. The number of anilines is 1. The molecule has 2 aliphatic rings. The molecule has 0 aliphatic carbocycles. The number of hydrogen-bond acceptors (Lipinski definition) is 4. The average Bonchev–Trinajstić information content (AvgIpc) is 3.14. The molecule has 2 saturated heterocycles. The monoisotopic (exact) mass is 333 g/mol. The number of halogens is 1. The van der Waals surface area contributed by atoms with E-state index in [0.29, 0.717) is 4.90 Å². The van der Waals surface area contributed by atoms with Gasteiger partial charge in [-0.3, -0.25) is 9.59 Å². The van der Waals surface area contributed by atoms with Crippen molar-refractivity contribution in [2.75, 3.05) is 24.5 Å². The van der Waals surface area contributed by atoms with Crippen LogP contribution in [-0.2, 0) is 9.59 Å². The first-order valence-electron chi connectivity index (χ1n) is 7.56. The van der Waals surface area contributed by atoms with Crippen LogP contribution in [-0.4, -0.2) is 47.5 Å². The number of aliphatic carboxylic acids is 1. The molecular weight excluding hydrogens is 317 g/mol. The summed E-state index contributed by atoms with van der Waals surface area (Å²) in [5.41, 5.74) is 0.786. The fraction of sp³-hybridized carbons (Fsp3) is 0.312. The number of hydrogen-bond donors (Lipinski definition) is 2. The predicted octanol–water partition coefficient (Wildman–Crippen LogP) is 1.40. The Balaban J connectivity index is 1.82. The molecule has 3 amide bonds. The number of amides is 3. The number of urea groups is 1. The van der Waals surface area contributed by atoms with Gasteiger partial charge in [-0.15, -0.1) is 0 Å². The molecule has 2 fully saturated rings. The number of carboxylic acid groups (broad SMARTS) is 1. The van der Waals surface area contributed by atoms with Crippen molar-refractivity contribution in [2.24, 2.45) is 0 Å². The third-order valence-electron chi connectivity index (χ3n) is 4.01. The van der Waals surface area contributed by atoms with Gasteiger partial charge in [0.05, 0.1) is 0 Å². The van der Waals surface area contributed by atoms with Gasteiger partial charge in [-0.05, 0) is 37.1 Å². The number of benzene rings is 1. The molecule has 126 valence electrons. The molecule has 1 aromatic rings. The Morgan fingerprint density at radius 2 is 2.00 bits per heavy atom. The zero-order valence-corrected chi connectivity index (χ0v) is 12.8. The minimum atomic E-state index is -1.30. The summed E-state index contributed by atoms with van der Waals surface area (Å²) in [5, 5.41) is 11.0. The SMILES string of the molecule is O=C(O)CN1C(=O)N/C(=C/c2ccc(N3CCCC3)cc2F)C1=O. The van der Waals surface area contributed by atoms with E-state index in [1.807, 2.05) is 0 Å². The molecular formula is C16H16FN3O4. The summed E-state index contributed by atoms with van der Waals surface area (Å²) >= 11 is 0. The second-order valence-corrected chi connectivity index (χ2v) is 5.67. The maximum absolute atomic E-state index is 14.3. The topological polar surface area (TPSA) is 89.9 Å². The lowest BCUT2D eigenvalue weighted by atomic mass is 10.1. The highest BCUT2D eigenvalue weighted by atomic mass is 19.1. The number of nitrogens with one attached hydrogen (secondary N) is 1. The molecule has 0 spiro atoms. The number of carbonyl (C=O) groups excluding carboxylic acids is 2. The first-order chi connectivity index (χ1) is 11.5. The standard InChI is InChI=1S/C16H16FN3O4/c17-12-8-11(19-5-1-2-6-19)4-3-10(12)7-13-15(23)20(9-14(21)22)16(24)18-13/h3-4,7-8H,1-2,5-6,9H2,(H,18,24)(H,21,22)/b13-7+. The highest BCUT2D eigenvalue weighted by Gasteiger charge is 2.35. The van der Waals surface area contributed by atoms with E-state index >= 15 is 0 Å². The maximum atomic E-state index is 14.3. The number of nitrogens with zero attached hydrogens (tertiary/aromatic N) is 2. The van der Waals surface area contributed by atoms with Gasteiger partial charge in [-0.25, -0.2) is 14.1 Å². The lowest BCUT2D eigenvalue weighted by molar-refractivity contribution is -0.140. The van der Waals surface area contributed by atoms with Gasteiger partial charge in [0.15, 0.2) is 0 Å². The highest BCUT2D eigenvalue weighted by Crippen LogP contribution is 2.24. The van der Waals surface area contributed by atoms with Gasteiger partial charge in [0.2, 0.25) is 0 Å². The second-order valence-electron chi connectivity index (χ2n) is 5.67. The van der Waals surface area contributed by atoms with Gasteiger partial charge in [0.1, 0.15) is 18.1 Å². The molecule has 0 radical (unpaired) electrons. The zero-order chi connectivity index (χ0) is 17.3. The highest BCUT2D eigenvalue weighted by molar-refractivity contribution is 6.15. The molecule has 7 nitrogen and oxygen atoms in total. The molecule has 8 heteroatoms. The lowest BCUT2D eigenvalue weighted by Crippen LogP contribution is -2.35. The fourth-order valence-electron chi connectivity index (χ4n) is 2.81. The van der Waals surface area contributed by atoms with Crippen molar-refractivity contribution in [1.29, 1.82) is 0 Å². The molecule has 3 rings (SSSR count). The van der Waals surface area contributed by atoms with Crippen molar-refractivity contribution in [3.05, 3.63) is 35.3 Å². The van der Waals surface area contributed by atoms with Crippen molar-refractivity contribution in [2.45, 2.75) is 12.8 Å². The molecule has 0 aromatic heterocycles. The first kappa shape index (κ1) is 16.0. The largest absolute Gasteiger partial charge is 0.480 e. The summed E-state index contributed by atoms with van der Waals surface area (Å²) in [5.74, 6) is -2.60. The predicted molar refractivity (Wildman–Crippen MR) is 83.7 cm³/mol. The van der Waals surface area contributed by atoms with Crippen LogP contribution in [0.1, 0.15) is 18.4 Å². The van der Waals surface area contributed by atoms with E-state index in [1.165, 1.54) is 18.2 Å². The van der Waals surface area contributed by atoms with Gasteiger partial charge in [-0.2, -0.15) is 0 Å². The molecule has 1 aromatic carbocycles. The van der Waals surface area contributed by atoms with Crippen LogP contribution in [0.5, 0.6) is 0 Å². The van der Waals surface area contributed by atoms with Crippen LogP contribution >= 0.6 is 0 Å². The van der Waals surface area contributed by atoms with E-state index in [9.17, 15) is 18.8 Å². The summed E-state index contributed by atoms with van der Waals surface area (Å²) in [6.07, 6.45) is 3.37. The number of carbonyl (C=O) groups is 3. The molecule has 0 saturated carbocycles. The lowest BCUT2D eigenvalue weighted by Gasteiger charge is -2.17. The van der Waals surface area contributed by atoms with Crippen molar-refractivity contribution in [3.63, 3.8) is 0 Å². The number of carboxylic acids is 1. The Labute approximate surface area is 137 Å². The van der Waals surface area contributed by atoms with Gasteiger partial charge in [0, 0.05) is 24.3 Å². The van der Waals surface area contributed by atoms with Crippen LogP contribution < -0.4 is 10.2 Å². The summed E-state index contributed by atoms with van der Waals surface area (Å²) in [7, 11) is 0. The Morgan fingerprint density at radius 1 is 1.29 bits per heavy atom. The Hall–Kier alpha value is -2.90. The summed E-state index contributed by atoms with van der Waals surface area (Å²) in [6.45, 7) is 1.04. The van der Waals surface area contributed by atoms with E-state index in [2.05, 4.69) is 10.2 Å². The van der Waals surface area contributed by atoms with Crippen molar-refractivity contribution in [1.82, 2.24) is 10.2 Å². The number of rotatable bonds is 4. The van der Waals surface area contributed by atoms with Crippen molar-refractivity contribution < 1.29 is 23.9 Å². The minimum Gasteiger partial charge on any atom is -0.480 e. The van der Waals surface area contributed by atoms with Crippen molar-refractivity contribution in [3.8, 4) is 0 Å². The van der Waals surface area contributed by atoms with Gasteiger partial charge in [-0.1, -0.05) is 0 Å². The van der Waals surface area contributed by atoms with Crippen LogP contribution in [0, 0.1) is 5.82 Å². The van der Waals surface area contributed by atoms with E-state index in [0.717, 1.165) is 31.6 Å². The Bertz CT molecular complexity index is 741. The normalized spacial score (nSPS) is 19.3. The smallest absolute Gasteiger partial charge is 0.329 e. The molecule has 2 N–H and O–H groups in total. The van der Waals surface area contributed by atoms with Crippen LogP contribution in [0.3, 0.4) is 0 Å². The third kappa shape index (κ3) is 3.08. The molecule has 2 aliphatic heterocycles. The quantitative estimate of drug-likeness (QED) is 0.642. The minimum absolute atomic E-state index is 0.144. The fourth-order valence-corrected chi connectivity index (χ4v) is 2.81. The zero-order valence-electron chi connectivity index (χ0n) is 12.8. The molecule has 0 bridgehead atoms. The maximum Gasteiger partial charge on any atom is 0.329 e. The van der Waals surface area contributed by atoms with E-state index in [-0.39, 0.29) is 11.3 Å². The van der Waals surface area contributed by atoms with Gasteiger partial charge >= 0.3 is 12.0 Å². The van der Waals surface area contributed by atoms with E-state index in [1.54, 1.807) is 6.07 Å². The first-order valence-corrected chi connectivity index (χ1v) is 7.56. The van der Waals surface area contributed by atoms with Crippen LogP contribution in [0.2, 0.25) is 0 Å². The summed E-state index contributed by atoms with van der Waals surface area (Å²) in [6, 6.07) is 3.86. The van der Waals surface area contributed by atoms with E-state index in [4.69, 9.17) is 5.11 Å². The summed E-state index contributed by atoms with van der Waals surface area (Å²) < 4.78 is 14.3.